The van der Waals surface area contributed by atoms with Crippen molar-refractivity contribution < 1.29 is 0 Å². The maximum atomic E-state index is 4.82. The third-order valence-electron chi connectivity index (χ3n) is 0.235. The first kappa shape index (κ1) is 10.4. The van der Waals surface area contributed by atoms with Crippen LogP contribution in [0, 0.1) is 6.58 Å². The molecule has 0 heterocycles. The largest absolute Gasteiger partial charge is 0.323 e. The summed E-state index contributed by atoms with van der Waals surface area (Å²) in [6, 6.07) is 0. The van der Waals surface area contributed by atoms with Gasteiger partial charge in [-0.25, -0.2) is 0 Å². The molecule has 0 atom stereocenters. The Kier molecular flexibility index (Phi) is 21.0. The van der Waals surface area contributed by atoms with Gasteiger partial charge in [-0.05, 0) is 27.6 Å². The van der Waals surface area contributed by atoms with Crippen molar-refractivity contribution in [3.05, 3.63) is 12.8 Å². The summed E-state index contributed by atoms with van der Waals surface area (Å²) in [5.41, 5.74) is 0. The molecule has 2 heteroatoms. The Morgan fingerprint density at radius 1 is 1.50 bits per heavy atom. The Labute approximate surface area is 51.3 Å². The number of nitrogens with one attached hydrogen (secondary N) is 1. The fraction of sp³-hybridized carbons (Fsp3) is 0.500. The van der Waals surface area contributed by atoms with Crippen LogP contribution in [0.25, 0.3) is 0 Å². The summed E-state index contributed by atoms with van der Waals surface area (Å²) in [5.74, 6) is 0. The second-order valence-electron chi connectivity index (χ2n) is 1.06. The van der Waals surface area contributed by atoms with E-state index in [4.69, 9.17) is 6.58 Å². The quantitative estimate of drug-likeness (QED) is 0.501. The number of rotatable bonds is 1. The first-order chi connectivity index (χ1) is 3.83. The first-order valence-electron chi connectivity index (χ1n) is 2.43. The van der Waals surface area contributed by atoms with E-state index >= 15 is 0 Å². The molecule has 0 unspecified atom stereocenters. The Bertz CT molecular complexity index is 57.5. The van der Waals surface area contributed by atoms with Crippen LogP contribution >= 0.6 is 0 Å². The molecule has 47 valence electrons. The Balaban J connectivity index is 0. The molecule has 0 bridgehead atoms. The van der Waals surface area contributed by atoms with E-state index in [0.29, 0.717) is 0 Å². The summed E-state index contributed by atoms with van der Waals surface area (Å²) < 4.78 is 0. The number of nitrogens with zero attached hydrogens (tertiary/aromatic N) is 1. The molecule has 8 heavy (non-hydrogen) atoms. The van der Waals surface area contributed by atoms with Gasteiger partial charge in [0.2, 0.25) is 0 Å². The fourth-order valence-electron chi connectivity index (χ4n) is 0.0861. The van der Waals surface area contributed by atoms with Gasteiger partial charge in [0.1, 0.15) is 0 Å². The Morgan fingerprint density at radius 2 is 1.88 bits per heavy atom. The van der Waals surface area contributed by atoms with Crippen LogP contribution in [0.15, 0.2) is 11.2 Å². The van der Waals surface area contributed by atoms with E-state index in [2.05, 4.69) is 10.3 Å². The summed E-state index contributed by atoms with van der Waals surface area (Å²) in [5, 5.41) is 2.75. The molecule has 1 radical (unpaired) electrons. The van der Waals surface area contributed by atoms with Gasteiger partial charge >= 0.3 is 0 Å². The summed E-state index contributed by atoms with van der Waals surface area (Å²) in [4.78, 5) is 3.50. The molecule has 0 fully saturated rings. The van der Waals surface area contributed by atoms with E-state index < -0.39 is 0 Å². The zero-order valence-electron chi connectivity index (χ0n) is 5.68. The van der Waals surface area contributed by atoms with Gasteiger partial charge in [-0.15, -0.1) is 0 Å². The second kappa shape index (κ2) is 16.2. The van der Waals surface area contributed by atoms with Gasteiger partial charge in [-0.3, -0.25) is 4.99 Å². The molecule has 0 aromatic carbocycles. The van der Waals surface area contributed by atoms with Gasteiger partial charge in [0.25, 0.3) is 0 Å². The van der Waals surface area contributed by atoms with Crippen molar-refractivity contribution in [1.82, 2.24) is 5.32 Å². The SMILES string of the molecule is CNC.[CH]=CN=CC. The third kappa shape index (κ3) is 54.6. The van der Waals surface area contributed by atoms with E-state index in [-0.39, 0.29) is 0 Å². The van der Waals surface area contributed by atoms with Crippen molar-refractivity contribution in [2.45, 2.75) is 6.92 Å². The second-order valence-corrected chi connectivity index (χ2v) is 1.06. The van der Waals surface area contributed by atoms with Crippen LogP contribution in [0.4, 0.5) is 0 Å². The maximum absolute atomic E-state index is 4.82. The minimum atomic E-state index is 1.25. The number of hydrogen-bond acceptors (Lipinski definition) is 2. The molecule has 2 nitrogen and oxygen atoms in total. The Morgan fingerprint density at radius 3 is 1.88 bits per heavy atom. The molecule has 0 aliphatic carbocycles. The van der Waals surface area contributed by atoms with Crippen LogP contribution < -0.4 is 5.32 Å². The van der Waals surface area contributed by atoms with Gasteiger partial charge < -0.3 is 5.32 Å². The highest BCUT2D eigenvalue weighted by atomic mass is 14.7. The third-order valence-corrected chi connectivity index (χ3v) is 0.235. The molecule has 0 spiro atoms. The van der Waals surface area contributed by atoms with E-state index in [1.54, 1.807) is 6.21 Å². The predicted octanol–water partition coefficient (Wildman–Crippen LogP) is 0.859. The summed E-state index contributed by atoms with van der Waals surface area (Å²) >= 11 is 0. The molecular formula is C6H13N2. The van der Waals surface area contributed by atoms with E-state index in [0.717, 1.165) is 0 Å². The summed E-state index contributed by atoms with van der Waals surface area (Å²) in [6.07, 6.45) is 2.88. The minimum absolute atomic E-state index is 1.25. The van der Waals surface area contributed by atoms with Crippen molar-refractivity contribution >= 4 is 6.21 Å². The molecule has 0 aliphatic heterocycles. The van der Waals surface area contributed by atoms with Gasteiger partial charge in [0.15, 0.2) is 0 Å². The Hall–Kier alpha value is -0.630. The molecule has 0 saturated heterocycles. The van der Waals surface area contributed by atoms with Crippen molar-refractivity contribution in [1.29, 1.82) is 0 Å². The van der Waals surface area contributed by atoms with Crippen molar-refractivity contribution in [3.8, 4) is 0 Å². The summed E-state index contributed by atoms with van der Waals surface area (Å²) in [6.45, 7) is 6.62. The number of aliphatic imine (C=N–C) groups is 1. The molecule has 0 amide bonds. The number of hydrogen-bond donors (Lipinski definition) is 1. The molecule has 1 N–H and O–H groups in total. The maximum Gasteiger partial charge on any atom is 0.0264 e. The van der Waals surface area contributed by atoms with E-state index in [1.807, 2.05) is 21.0 Å². The molecular weight excluding hydrogens is 100 g/mol. The lowest BCUT2D eigenvalue weighted by Gasteiger charge is -1.59. The zero-order valence-corrected chi connectivity index (χ0v) is 5.68. The highest BCUT2D eigenvalue weighted by molar-refractivity contribution is 5.53. The predicted molar refractivity (Wildman–Crippen MR) is 38.0 cm³/mol. The molecule has 0 aromatic heterocycles. The van der Waals surface area contributed by atoms with Crippen LogP contribution in [-0.2, 0) is 0 Å². The normalized spacial score (nSPS) is 7.88. The topological polar surface area (TPSA) is 24.4 Å². The zero-order chi connectivity index (χ0) is 6.83. The van der Waals surface area contributed by atoms with Crippen molar-refractivity contribution in [3.63, 3.8) is 0 Å². The summed E-state index contributed by atoms with van der Waals surface area (Å²) in [7, 11) is 3.75. The highest BCUT2D eigenvalue weighted by Crippen LogP contribution is 1.56. The van der Waals surface area contributed by atoms with Gasteiger partial charge in [-0.2, -0.15) is 0 Å². The van der Waals surface area contributed by atoms with Gasteiger partial charge in [0.05, 0.1) is 0 Å². The average molecular weight is 113 g/mol. The lowest BCUT2D eigenvalue weighted by Crippen LogP contribution is -1.89. The monoisotopic (exact) mass is 113 g/mol. The smallest absolute Gasteiger partial charge is 0.0264 e. The molecule has 0 rings (SSSR count). The van der Waals surface area contributed by atoms with E-state index in [1.165, 1.54) is 6.20 Å². The minimum Gasteiger partial charge on any atom is -0.323 e. The lowest BCUT2D eigenvalue weighted by molar-refractivity contribution is 1.02. The van der Waals surface area contributed by atoms with Gasteiger partial charge in [-0.1, -0.05) is 0 Å². The van der Waals surface area contributed by atoms with Crippen LogP contribution in [0.1, 0.15) is 6.92 Å². The highest BCUT2D eigenvalue weighted by Gasteiger charge is 1.41. The van der Waals surface area contributed by atoms with Crippen molar-refractivity contribution in [2.24, 2.45) is 4.99 Å². The molecule has 0 aliphatic rings. The fourth-order valence-corrected chi connectivity index (χ4v) is 0.0861. The van der Waals surface area contributed by atoms with Crippen LogP contribution in [0.2, 0.25) is 0 Å². The lowest BCUT2D eigenvalue weighted by atomic mass is 10.9. The van der Waals surface area contributed by atoms with Crippen LogP contribution in [0.3, 0.4) is 0 Å². The molecule has 0 saturated carbocycles. The van der Waals surface area contributed by atoms with Crippen LogP contribution in [-0.4, -0.2) is 20.3 Å². The van der Waals surface area contributed by atoms with Gasteiger partial charge in [0, 0.05) is 12.4 Å². The van der Waals surface area contributed by atoms with E-state index in [9.17, 15) is 0 Å². The first-order valence-corrected chi connectivity index (χ1v) is 2.43. The standard InChI is InChI=1S/C4H6N.C2H7N/c1-3-5-4-2;1-3-2/h1,3-4H,2H3;3H,1-2H3. The van der Waals surface area contributed by atoms with Crippen LogP contribution in [0.5, 0.6) is 0 Å². The molecule has 0 aromatic rings. The average Bonchev–Trinajstić information content (AvgIpc) is 1.71. The van der Waals surface area contributed by atoms with Crippen molar-refractivity contribution in [2.75, 3.05) is 14.1 Å².